The zero-order valence-corrected chi connectivity index (χ0v) is 12.5. The van der Waals surface area contributed by atoms with Crippen molar-refractivity contribution in [1.29, 1.82) is 0 Å². The molecule has 1 atom stereocenters. The van der Waals surface area contributed by atoms with Crippen molar-refractivity contribution in [3.8, 4) is 0 Å². The van der Waals surface area contributed by atoms with Crippen LogP contribution in [0.1, 0.15) is 42.0 Å². The van der Waals surface area contributed by atoms with Gasteiger partial charge >= 0.3 is 0 Å². The number of hydrogen-bond donors (Lipinski definition) is 1. The molecule has 2 heteroatoms. The van der Waals surface area contributed by atoms with Gasteiger partial charge in [-0.1, -0.05) is 41.9 Å². The van der Waals surface area contributed by atoms with E-state index < -0.39 is 5.60 Å². The van der Waals surface area contributed by atoms with E-state index >= 15 is 0 Å². The van der Waals surface area contributed by atoms with E-state index in [1.54, 1.807) is 0 Å². The van der Waals surface area contributed by atoms with Crippen LogP contribution in [0.25, 0.3) is 0 Å². The predicted molar refractivity (Wildman–Crippen MR) is 83.2 cm³/mol. The van der Waals surface area contributed by atoms with E-state index in [4.69, 9.17) is 11.6 Å². The zero-order valence-electron chi connectivity index (χ0n) is 11.7. The molecule has 0 amide bonds. The van der Waals surface area contributed by atoms with Crippen molar-refractivity contribution in [3.05, 3.63) is 69.7 Å². The fourth-order valence-electron chi connectivity index (χ4n) is 2.99. The van der Waals surface area contributed by atoms with Gasteiger partial charge in [0.1, 0.15) is 5.60 Å². The van der Waals surface area contributed by atoms with Gasteiger partial charge in [0.05, 0.1) is 0 Å². The maximum Gasteiger partial charge on any atom is 0.112 e. The topological polar surface area (TPSA) is 20.2 Å². The first-order valence-corrected chi connectivity index (χ1v) is 7.56. The van der Waals surface area contributed by atoms with Crippen molar-refractivity contribution in [2.45, 2.75) is 38.2 Å². The van der Waals surface area contributed by atoms with Gasteiger partial charge in [-0.15, -0.1) is 0 Å². The van der Waals surface area contributed by atoms with Crippen molar-refractivity contribution >= 4 is 11.6 Å². The number of benzene rings is 2. The first kappa shape index (κ1) is 13.7. The Balaban J connectivity index is 2.02. The molecule has 1 nitrogen and oxygen atoms in total. The van der Waals surface area contributed by atoms with E-state index in [0.717, 1.165) is 24.0 Å². The Bertz CT molecular complexity index is 631. The second-order valence-corrected chi connectivity index (χ2v) is 6.21. The maximum atomic E-state index is 10.9. The highest BCUT2D eigenvalue weighted by Gasteiger charge is 2.26. The van der Waals surface area contributed by atoms with Crippen LogP contribution in [0.15, 0.2) is 42.5 Å². The van der Waals surface area contributed by atoms with Crippen LogP contribution < -0.4 is 0 Å². The fourth-order valence-corrected chi connectivity index (χ4v) is 3.18. The summed E-state index contributed by atoms with van der Waals surface area (Å²) in [6.45, 7) is 1.84. The van der Waals surface area contributed by atoms with Gasteiger partial charge in [-0.25, -0.2) is 0 Å². The quantitative estimate of drug-likeness (QED) is 0.863. The van der Waals surface area contributed by atoms with E-state index in [1.165, 1.54) is 24.0 Å². The molecule has 0 saturated heterocycles. The van der Waals surface area contributed by atoms with Crippen LogP contribution in [0.2, 0.25) is 5.02 Å². The van der Waals surface area contributed by atoms with Crippen molar-refractivity contribution in [2.75, 3.05) is 0 Å². The van der Waals surface area contributed by atoms with Crippen LogP contribution in [0.4, 0.5) is 0 Å². The summed E-state index contributed by atoms with van der Waals surface area (Å²) >= 11 is 6.04. The predicted octanol–water partition coefficient (Wildman–Crippen LogP) is 4.47. The van der Waals surface area contributed by atoms with Gasteiger partial charge in [-0.05, 0) is 67.0 Å². The van der Waals surface area contributed by atoms with Crippen LogP contribution in [-0.2, 0) is 18.4 Å². The molecule has 1 N–H and O–H groups in total. The number of fused-ring (bicyclic) bond motifs is 1. The van der Waals surface area contributed by atoms with Crippen LogP contribution in [-0.4, -0.2) is 5.11 Å². The molecule has 0 bridgehead atoms. The van der Waals surface area contributed by atoms with Crippen molar-refractivity contribution < 1.29 is 5.11 Å². The summed E-state index contributed by atoms with van der Waals surface area (Å²) in [4.78, 5) is 0. The molecule has 3 rings (SSSR count). The third-order valence-electron chi connectivity index (χ3n) is 4.30. The summed E-state index contributed by atoms with van der Waals surface area (Å²) in [7, 11) is 0. The van der Waals surface area contributed by atoms with E-state index in [-0.39, 0.29) is 0 Å². The molecular formula is C18H19ClO. The SMILES string of the molecule is CC(O)(c1cccc(Cl)c1)c1ccc2c(c1)CCCC2. The molecule has 20 heavy (non-hydrogen) atoms. The molecule has 0 saturated carbocycles. The van der Waals surface area contributed by atoms with Gasteiger partial charge in [0.25, 0.3) is 0 Å². The van der Waals surface area contributed by atoms with E-state index in [2.05, 4.69) is 12.1 Å². The molecule has 1 aliphatic carbocycles. The maximum absolute atomic E-state index is 10.9. The standard InChI is InChI=1S/C18H19ClO/c1-18(20,15-7-4-8-17(19)12-15)16-10-9-13-5-2-3-6-14(13)11-16/h4,7-12,20H,2-3,5-6H2,1H3. The number of rotatable bonds is 2. The Hall–Kier alpha value is -1.31. The lowest BCUT2D eigenvalue weighted by molar-refractivity contribution is 0.102. The van der Waals surface area contributed by atoms with Crippen LogP contribution >= 0.6 is 11.6 Å². The van der Waals surface area contributed by atoms with E-state index in [0.29, 0.717) is 5.02 Å². The molecule has 2 aromatic carbocycles. The van der Waals surface area contributed by atoms with Crippen LogP contribution in [0, 0.1) is 0 Å². The summed E-state index contributed by atoms with van der Waals surface area (Å²) in [5.74, 6) is 0. The smallest absolute Gasteiger partial charge is 0.112 e. The minimum Gasteiger partial charge on any atom is -0.381 e. The van der Waals surface area contributed by atoms with Gasteiger partial charge in [-0.3, -0.25) is 0 Å². The summed E-state index contributed by atoms with van der Waals surface area (Å²) in [6, 6.07) is 13.8. The minimum atomic E-state index is -1.00. The first-order chi connectivity index (χ1) is 9.57. The average Bonchev–Trinajstić information content (AvgIpc) is 2.46. The molecule has 0 radical (unpaired) electrons. The molecule has 104 valence electrons. The van der Waals surface area contributed by atoms with Gasteiger partial charge in [0.2, 0.25) is 0 Å². The molecule has 0 heterocycles. The molecule has 0 fully saturated rings. The summed E-state index contributed by atoms with van der Waals surface area (Å²) in [6.07, 6.45) is 4.80. The number of aryl methyl sites for hydroxylation is 2. The van der Waals surface area contributed by atoms with Gasteiger partial charge in [-0.2, -0.15) is 0 Å². The van der Waals surface area contributed by atoms with E-state index in [9.17, 15) is 5.11 Å². The second kappa shape index (κ2) is 5.23. The van der Waals surface area contributed by atoms with Crippen molar-refractivity contribution in [1.82, 2.24) is 0 Å². The molecule has 0 spiro atoms. The molecule has 1 unspecified atom stereocenters. The summed E-state index contributed by atoms with van der Waals surface area (Å²) in [5, 5.41) is 11.6. The van der Waals surface area contributed by atoms with E-state index in [1.807, 2.05) is 37.3 Å². The summed E-state index contributed by atoms with van der Waals surface area (Å²) in [5.41, 5.74) is 3.59. The molecule has 0 aromatic heterocycles. The summed E-state index contributed by atoms with van der Waals surface area (Å²) < 4.78 is 0. The van der Waals surface area contributed by atoms with Crippen molar-refractivity contribution in [3.63, 3.8) is 0 Å². The lowest BCUT2D eigenvalue weighted by Gasteiger charge is -2.27. The average molecular weight is 287 g/mol. The highest BCUT2D eigenvalue weighted by atomic mass is 35.5. The van der Waals surface area contributed by atoms with Gasteiger partial charge in [0.15, 0.2) is 0 Å². The highest BCUT2D eigenvalue weighted by molar-refractivity contribution is 6.30. The Labute approximate surface area is 125 Å². The lowest BCUT2D eigenvalue weighted by Crippen LogP contribution is -2.23. The monoisotopic (exact) mass is 286 g/mol. The minimum absolute atomic E-state index is 0.653. The number of halogens is 1. The largest absolute Gasteiger partial charge is 0.381 e. The third-order valence-corrected chi connectivity index (χ3v) is 4.53. The molecule has 0 aliphatic heterocycles. The first-order valence-electron chi connectivity index (χ1n) is 7.18. The highest BCUT2D eigenvalue weighted by Crippen LogP contribution is 2.33. The normalized spacial score (nSPS) is 17.4. The Kier molecular flexibility index (Phi) is 3.57. The van der Waals surface area contributed by atoms with Gasteiger partial charge in [0, 0.05) is 5.02 Å². The van der Waals surface area contributed by atoms with Gasteiger partial charge < -0.3 is 5.11 Å². The molecular weight excluding hydrogens is 268 g/mol. The Morgan fingerprint density at radius 1 is 0.950 bits per heavy atom. The lowest BCUT2D eigenvalue weighted by atomic mass is 9.83. The number of aliphatic hydroxyl groups is 1. The third kappa shape index (κ3) is 2.48. The Morgan fingerprint density at radius 3 is 2.40 bits per heavy atom. The fraction of sp³-hybridized carbons (Fsp3) is 0.333. The van der Waals surface area contributed by atoms with Crippen LogP contribution in [0.5, 0.6) is 0 Å². The second-order valence-electron chi connectivity index (χ2n) is 5.77. The Morgan fingerprint density at radius 2 is 1.65 bits per heavy atom. The molecule has 1 aliphatic rings. The van der Waals surface area contributed by atoms with Crippen molar-refractivity contribution in [2.24, 2.45) is 0 Å². The van der Waals surface area contributed by atoms with Crippen LogP contribution in [0.3, 0.4) is 0 Å². The molecule has 2 aromatic rings. The zero-order chi connectivity index (χ0) is 14.2. The number of hydrogen-bond acceptors (Lipinski definition) is 1.